The van der Waals surface area contributed by atoms with E-state index in [0.717, 1.165) is 27.7 Å². The molecule has 4 heterocycles. The third-order valence-corrected chi connectivity index (χ3v) is 4.73. The molecule has 136 valence electrons. The Bertz CT molecular complexity index is 1260. The van der Waals surface area contributed by atoms with E-state index in [0.29, 0.717) is 17.1 Å². The second kappa shape index (κ2) is 6.38. The molecule has 0 aliphatic carbocycles. The quantitative estimate of drug-likeness (QED) is 0.562. The minimum absolute atomic E-state index is 0.0895. The Morgan fingerprint density at radius 3 is 2.79 bits per heavy atom. The standard InChI is InChI=1S/C21H16N6O/c1-27-12-15(9-25-27)14-7-16-17(10-23-20(16)22-8-14)21-24-11-18(26-21)19(28)13-5-3-2-4-6-13/h2-10,12H,11H2,1H3,(H,22,23). The molecule has 0 fully saturated rings. The number of fused-ring (bicyclic) bond motifs is 1. The van der Waals surface area contributed by atoms with Gasteiger partial charge in [0.05, 0.1) is 12.7 Å². The van der Waals surface area contributed by atoms with Crippen molar-refractivity contribution in [1.82, 2.24) is 19.7 Å². The normalized spacial score (nSPS) is 13.6. The van der Waals surface area contributed by atoms with Gasteiger partial charge in [0, 0.05) is 53.3 Å². The maximum atomic E-state index is 12.6. The molecule has 0 amide bonds. The molecule has 3 aromatic heterocycles. The van der Waals surface area contributed by atoms with E-state index >= 15 is 0 Å². The van der Waals surface area contributed by atoms with Crippen LogP contribution in [0.4, 0.5) is 0 Å². The van der Waals surface area contributed by atoms with E-state index in [1.165, 1.54) is 0 Å². The van der Waals surface area contributed by atoms with Crippen LogP contribution in [0.1, 0.15) is 15.9 Å². The van der Waals surface area contributed by atoms with Crippen LogP contribution in [0.15, 0.2) is 71.2 Å². The summed E-state index contributed by atoms with van der Waals surface area (Å²) in [6.45, 7) is 0.283. The van der Waals surface area contributed by atoms with Gasteiger partial charge in [0.1, 0.15) is 11.4 Å². The first-order chi connectivity index (χ1) is 13.7. The minimum Gasteiger partial charge on any atom is -0.345 e. The van der Waals surface area contributed by atoms with E-state index in [9.17, 15) is 4.79 Å². The Morgan fingerprint density at radius 1 is 1.14 bits per heavy atom. The molecule has 0 spiro atoms. The summed E-state index contributed by atoms with van der Waals surface area (Å²) < 4.78 is 1.75. The van der Waals surface area contributed by atoms with Crippen molar-refractivity contribution in [3.63, 3.8) is 0 Å². The molecule has 0 radical (unpaired) electrons. The van der Waals surface area contributed by atoms with Crippen molar-refractivity contribution in [1.29, 1.82) is 0 Å². The molecular formula is C21H16N6O. The number of carbonyl (C=O) groups is 1. The van der Waals surface area contributed by atoms with Gasteiger partial charge in [-0.3, -0.25) is 14.5 Å². The number of hydrogen-bond donors (Lipinski definition) is 1. The van der Waals surface area contributed by atoms with Crippen molar-refractivity contribution in [2.75, 3.05) is 6.54 Å². The van der Waals surface area contributed by atoms with Crippen LogP contribution >= 0.6 is 0 Å². The van der Waals surface area contributed by atoms with Crippen LogP contribution in [0, 0.1) is 0 Å². The van der Waals surface area contributed by atoms with Gasteiger partial charge in [-0.1, -0.05) is 30.3 Å². The fourth-order valence-electron chi connectivity index (χ4n) is 3.29. The van der Waals surface area contributed by atoms with Gasteiger partial charge in [-0.15, -0.1) is 0 Å². The summed E-state index contributed by atoms with van der Waals surface area (Å²) in [7, 11) is 1.88. The highest BCUT2D eigenvalue weighted by Gasteiger charge is 2.22. The molecule has 0 saturated carbocycles. The van der Waals surface area contributed by atoms with Gasteiger partial charge < -0.3 is 4.98 Å². The van der Waals surface area contributed by atoms with Gasteiger partial charge >= 0.3 is 0 Å². The SMILES string of the molecule is Cn1cc(-c2cnc3[nH]cc(C4=NCC(C(=O)c5ccccc5)=N4)c3c2)cn1. The maximum Gasteiger partial charge on any atom is 0.209 e. The van der Waals surface area contributed by atoms with E-state index in [1.54, 1.807) is 23.0 Å². The Labute approximate surface area is 160 Å². The van der Waals surface area contributed by atoms with Crippen molar-refractivity contribution in [2.24, 2.45) is 17.0 Å². The number of hydrogen-bond acceptors (Lipinski definition) is 5. The zero-order chi connectivity index (χ0) is 19.1. The Kier molecular flexibility index (Phi) is 3.72. The van der Waals surface area contributed by atoms with Crippen LogP contribution in [0.5, 0.6) is 0 Å². The Hall–Kier alpha value is -3.87. The van der Waals surface area contributed by atoms with E-state index < -0.39 is 0 Å². The monoisotopic (exact) mass is 368 g/mol. The molecular weight excluding hydrogens is 352 g/mol. The number of amidine groups is 1. The van der Waals surface area contributed by atoms with Gasteiger partial charge in [0.2, 0.25) is 5.78 Å². The van der Waals surface area contributed by atoms with Crippen LogP contribution < -0.4 is 0 Å². The number of ketones is 1. The number of nitrogens with one attached hydrogen (secondary N) is 1. The number of H-pyrrole nitrogens is 1. The molecule has 1 aliphatic rings. The van der Waals surface area contributed by atoms with Crippen molar-refractivity contribution in [3.8, 4) is 11.1 Å². The predicted molar refractivity (Wildman–Crippen MR) is 108 cm³/mol. The lowest BCUT2D eigenvalue weighted by atomic mass is 10.1. The van der Waals surface area contributed by atoms with Gasteiger partial charge in [-0.05, 0) is 6.07 Å². The summed E-state index contributed by atoms with van der Waals surface area (Å²) in [5.74, 6) is 0.462. The van der Waals surface area contributed by atoms with Crippen molar-refractivity contribution < 1.29 is 4.79 Å². The molecule has 7 heteroatoms. The Morgan fingerprint density at radius 2 is 2.00 bits per heavy atom. The molecule has 1 aliphatic heterocycles. The molecule has 0 atom stereocenters. The van der Waals surface area contributed by atoms with E-state index in [4.69, 9.17) is 0 Å². The number of pyridine rings is 1. The first-order valence-corrected chi connectivity index (χ1v) is 8.87. The number of aliphatic imine (C=N–C) groups is 2. The lowest BCUT2D eigenvalue weighted by Crippen LogP contribution is -2.15. The van der Waals surface area contributed by atoms with Gasteiger partial charge in [-0.25, -0.2) is 9.98 Å². The summed E-state index contributed by atoms with van der Waals surface area (Å²) in [6.07, 6.45) is 7.39. The lowest BCUT2D eigenvalue weighted by molar-refractivity contribution is 0.106. The molecule has 1 N–H and O–H groups in total. The summed E-state index contributed by atoms with van der Waals surface area (Å²) in [5, 5.41) is 5.13. The highest BCUT2D eigenvalue weighted by Crippen LogP contribution is 2.26. The van der Waals surface area contributed by atoms with Crippen molar-refractivity contribution >= 4 is 28.4 Å². The average Bonchev–Trinajstić information content (AvgIpc) is 3.46. The largest absolute Gasteiger partial charge is 0.345 e. The molecule has 1 aromatic carbocycles. The van der Waals surface area contributed by atoms with Gasteiger partial charge in [0.15, 0.2) is 5.84 Å². The summed E-state index contributed by atoms with van der Waals surface area (Å²) >= 11 is 0. The maximum absolute atomic E-state index is 12.6. The number of Topliss-reactive ketones (excluding diaryl/α,β-unsaturated/α-hetero) is 1. The van der Waals surface area contributed by atoms with Crippen LogP contribution in [0.25, 0.3) is 22.2 Å². The molecule has 0 bridgehead atoms. The number of nitrogens with zero attached hydrogens (tertiary/aromatic N) is 5. The number of rotatable bonds is 4. The predicted octanol–water partition coefficient (Wildman–Crippen LogP) is 3.05. The van der Waals surface area contributed by atoms with E-state index in [-0.39, 0.29) is 12.3 Å². The van der Waals surface area contributed by atoms with E-state index in [1.807, 2.05) is 49.9 Å². The van der Waals surface area contributed by atoms with Crippen LogP contribution in [-0.2, 0) is 7.05 Å². The third kappa shape index (κ3) is 2.73. The highest BCUT2D eigenvalue weighted by molar-refractivity contribution is 6.49. The van der Waals surface area contributed by atoms with Crippen LogP contribution in [0.3, 0.4) is 0 Å². The fourth-order valence-corrected chi connectivity index (χ4v) is 3.29. The number of aromatic amines is 1. The summed E-state index contributed by atoms with van der Waals surface area (Å²) in [6, 6.07) is 11.2. The fraction of sp³-hybridized carbons (Fsp3) is 0.0952. The van der Waals surface area contributed by atoms with Gasteiger partial charge in [-0.2, -0.15) is 5.10 Å². The zero-order valence-corrected chi connectivity index (χ0v) is 15.1. The first-order valence-electron chi connectivity index (χ1n) is 8.87. The number of benzene rings is 1. The first kappa shape index (κ1) is 16.3. The molecule has 5 rings (SSSR count). The lowest BCUT2D eigenvalue weighted by Gasteiger charge is -2.00. The van der Waals surface area contributed by atoms with Crippen LogP contribution in [-0.4, -0.2) is 43.6 Å². The highest BCUT2D eigenvalue weighted by atomic mass is 16.1. The van der Waals surface area contributed by atoms with Crippen molar-refractivity contribution in [3.05, 3.63) is 72.3 Å². The summed E-state index contributed by atoms with van der Waals surface area (Å²) in [5.41, 5.74) is 4.61. The number of aromatic nitrogens is 4. The Balaban J connectivity index is 1.51. The molecule has 7 nitrogen and oxygen atoms in total. The smallest absolute Gasteiger partial charge is 0.209 e. The van der Waals surface area contributed by atoms with Crippen molar-refractivity contribution in [2.45, 2.75) is 0 Å². The topological polar surface area (TPSA) is 88.3 Å². The van der Waals surface area contributed by atoms with Gasteiger partial charge in [0.25, 0.3) is 0 Å². The molecule has 0 saturated heterocycles. The second-order valence-electron chi connectivity index (χ2n) is 6.62. The second-order valence-corrected chi connectivity index (χ2v) is 6.62. The minimum atomic E-state index is -0.0895. The summed E-state index contributed by atoms with van der Waals surface area (Å²) in [4.78, 5) is 29.3. The van der Waals surface area contributed by atoms with Crippen LogP contribution in [0.2, 0.25) is 0 Å². The zero-order valence-electron chi connectivity index (χ0n) is 15.1. The molecule has 0 unspecified atom stereocenters. The number of carbonyl (C=O) groups excluding carboxylic acids is 1. The van der Waals surface area contributed by atoms with E-state index in [2.05, 4.69) is 25.1 Å². The molecule has 4 aromatic rings. The third-order valence-electron chi connectivity index (χ3n) is 4.73. The molecule has 28 heavy (non-hydrogen) atoms. The average molecular weight is 368 g/mol. The number of aryl methyl sites for hydroxylation is 1.